The number of likely N-dealkylation sites (N-methyl/N-ethyl adjacent to an activating group) is 1. The van der Waals surface area contributed by atoms with Gasteiger partial charge in [0, 0.05) is 32.7 Å². The van der Waals surface area contributed by atoms with Crippen LogP contribution in [-0.2, 0) is 0 Å². The van der Waals surface area contributed by atoms with Gasteiger partial charge in [-0.2, -0.15) is 0 Å². The first-order valence-electron chi connectivity index (χ1n) is 6.44. The first-order valence-corrected chi connectivity index (χ1v) is 6.44. The van der Waals surface area contributed by atoms with Crippen molar-refractivity contribution < 1.29 is 9.42 Å². The molecule has 8 nitrogen and oxygen atoms in total. The molecule has 0 aromatic carbocycles. The van der Waals surface area contributed by atoms with Gasteiger partial charge in [0.1, 0.15) is 0 Å². The predicted molar refractivity (Wildman–Crippen MR) is 69.6 cm³/mol. The van der Waals surface area contributed by atoms with E-state index in [4.69, 9.17) is 5.73 Å². The number of piperazine rings is 1. The van der Waals surface area contributed by atoms with Crippen molar-refractivity contribution in [3.63, 3.8) is 0 Å². The van der Waals surface area contributed by atoms with Crippen LogP contribution in [0.5, 0.6) is 0 Å². The van der Waals surface area contributed by atoms with Crippen molar-refractivity contribution in [2.45, 2.75) is 6.42 Å². The number of rotatable bonds is 5. The summed E-state index contributed by atoms with van der Waals surface area (Å²) >= 11 is 0. The molecule has 0 aliphatic carbocycles. The molecule has 0 spiro atoms. The predicted octanol–water partition coefficient (Wildman–Crippen LogP) is -0.981. The minimum absolute atomic E-state index is 0.0246. The summed E-state index contributed by atoms with van der Waals surface area (Å²) in [6.45, 7) is 5.97. The van der Waals surface area contributed by atoms with E-state index >= 15 is 0 Å². The summed E-state index contributed by atoms with van der Waals surface area (Å²) in [4.78, 5) is 16.4. The molecule has 0 radical (unpaired) electrons. The number of nitrogen functional groups attached to an aromatic ring is 1. The lowest BCUT2D eigenvalue weighted by molar-refractivity contribution is 0.0940. The smallest absolute Gasteiger partial charge is 0.277 e. The second-order valence-corrected chi connectivity index (χ2v) is 4.75. The van der Waals surface area contributed by atoms with Crippen LogP contribution in [0.25, 0.3) is 0 Å². The molecule has 19 heavy (non-hydrogen) atoms. The summed E-state index contributed by atoms with van der Waals surface area (Å²) in [6.07, 6.45) is 0.903. The molecule has 1 amide bonds. The van der Waals surface area contributed by atoms with Gasteiger partial charge in [-0.15, -0.1) is 0 Å². The molecule has 1 aromatic rings. The fourth-order valence-electron chi connectivity index (χ4n) is 2.01. The molecule has 0 bridgehead atoms. The lowest BCUT2D eigenvalue weighted by atomic mass is 10.3. The van der Waals surface area contributed by atoms with Crippen molar-refractivity contribution in [1.29, 1.82) is 0 Å². The largest absolute Gasteiger partial charge is 0.379 e. The summed E-state index contributed by atoms with van der Waals surface area (Å²) in [5, 5.41) is 9.57. The Bertz CT molecular complexity index is 413. The number of hydrogen-bond acceptors (Lipinski definition) is 7. The zero-order valence-electron chi connectivity index (χ0n) is 11.1. The molecule has 2 heterocycles. The standard InChI is InChI=1S/C11H20N6O2/c1-16-5-7-17(8-6-16)4-2-3-13-11(18)9-10(12)15-19-14-9/h2-8H2,1H3,(H2,12,15)(H,13,18). The van der Waals surface area contributed by atoms with Gasteiger partial charge in [-0.25, -0.2) is 4.63 Å². The Morgan fingerprint density at radius 1 is 1.37 bits per heavy atom. The van der Waals surface area contributed by atoms with Crippen molar-refractivity contribution >= 4 is 11.7 Å². The van der Waals surface area contributed by atoms with E-state index in [9.17, 15) is 4.79 Å². The Balaban J connectivity index is 1.62. The molecule has 0 atom stereocenters. The van der Waals surface area contributed by atoms with E-state index < -0.39 is 0 Å². The minimum Gasteiger partial charge on any atom is -0.379 e. The van der Waals surface area contributed by atoms with Gasteiger partial charge in [-0.3, -0.25) is 4.79 Å². The molecule has 1 saturated heterocycles. The van der Waals surface area contributed by atoms with E-state index in [0.29, 0.717) is 6.54 Å². The van der Waals surface area contributed by atoms with Gasteiger partial charge < -0.3 is 20.9 Å². The molecule has 2 rings (SSSR count). The first kappa shape index (κ1) is 13.8. The molecule has 3 N–H and O–H groups in total. The average Bonchev–Trinajstić information content (AvgIpc) is 2.83. The third-order valence-corrected chi connectivity index (χ3v) is 3.26. The van der Waals surface area contributed by atoms with Gasteiger partial charge in [-0.1, -0.05) is 0 Å². The van der Waals surface area contributed by atoms with Crippen molar-refractivity contribution in [3.8, 4) is 0 Å². The summed E-state index contributed by atoms with van der Waals surface area (Å²) in [6, 6.07) is 0. The summed E-state index contributed by atoms with van der Waals surface area (Å²) in [7, 11) is 2.13. The molecule has 1 aliphatic heterocycles. The number of aromatic nitrogens is 2. The quantitative estimate of drug-likeness (QED) is 0.662. The van der Waals surface area contributed by atoms with E-state index in [1.54, 1.807) is 0 Å². The number of nitrogens with zero attached hydrogens (tertiary/aromatic N) is 4. The summed E-state index contributed by atoms with van der Waals surface area (Å²) < 4.78 is 4.38. The van der Waals surface area contributed by atoms with E-state index in [1.165, 1.54) is 0 Å². The number of hydrogen-bond donors (Lipinski definition) is 2. The Kier molecular flexibility index (Phi) is 4.69. The number of nitrogens with one attached hydrogen (secondary N) is 1. The summed E-state index contributed by atoms with van der Waals surface area (Å²) in [5.74, 6) is -0.311. The van der Waals surface area contributed by atoms with Crippen LogP contribution in [0.4, 0.5) is 5.82 Å². The van der Waals surface area contributed by atoms with Crippen molar-refractivity contribution in [2.75, 3.05) is 52.0 Å². The topological polar surface area (TPSA) is 101 Å². The van der Waals surface area contributed by atoms with Crippen LogP contribution in [0.3, 0.4) is 0 Å². The van der Waals surface area contributed by atoms with Crippen molar-refractivity contribution in [1.82, 2.24) is 25.4 Å². The third-order valence-electron chi connectivity index (χ3n) is 3.26. The highest BCUT2D eigenvalue weighted by Crippen LogP contribution is 2.03. The summed E-state index contributed by atoms with van der Waals surface area (Å²) in [5.41, 5.74) is 5.49. The molecule has 106 valence electrons. The van der Waals surface area contributed by atoms with Gasteiger partial charge in [-0.05, 0) is 30.3 Å². The molecular weight excluding hydrogens is 248 g/mol. The lowest BCUT2D eigenvalue weighted by Gasteiger charge is -2.32. The molecule has 0 saturated carbocycles. The highest BCUT2D eigenvalue weighted by atomic mass is 16.6. The van der Waals surface area contributed by atoms with Gasteiger partial charge >= 0.3 is 0 Å². The van der Waals surface area contributed by atoms with Gasteiger partial charge in [0.05, 0.1) is 0 Å². The average molecular weight is 268 g/mol. The monoisotopic (exact) mass is 268 g/mol. The highest BCUT2D eigenvalue weighted by molar-refractivity contribution is 5.95. The first-order chi connectivity index (χ1) is 9.16. The van der Waals surface area contributed by atoms with Gasteiger partial charge in [0.25, 0.3) is 5.91 Å². The molecule has 8 heteroatoms. The Morgan fingerprint density at radius 2 is 2.11 bits per heavy atom. The van der Waals surface area contributed by atoms with Crippen LogP contribution in [-0.4, -0.2) is 72.3 Å². The van der Waals surface area contributed by atoms with Crippen LogP contribution >= 0.6 is 0 Å². The number of carbonyl (C=O) groups is 1. The second-order valence-electron chi connectivity index (χ2n) is 4.75. The molecular formula is C11H20N6O2. The molecule has 1 aromatic heterocycles. The highest BCUT2D eigenvalue weighted by Gasteiger charge is 2.16. The molecule has 0 unspecified atom stereocenters. The zero-order valence-corrected chi connectivity index (χ0v) is 11.1. The Labute approximate surface area is 111 Å². The van der Waals surface area contributed by atoms with E-state index in [1.807, 2.05) is 0 Å². The van der Waals surface area contributed by atoms with Crippen LogP contribution in [0.2, 0.25) is 0 Å². The van der Waals surface area contributed by atoms with E-state index in [2.05, 4.69) is 37.1 Å². The SMILES string of the molecule is CN1CCN(CCCNC(=O)c2nonc2N)CC1. The Hall–Kier alpha value is -1.67. The van der Waals surface area contributed by atoms with Crippen LogP contribution in [0.15, 0.2) is 4.63 Å². The Morgan fingerprint density at radius 3 is 2.74 bits per heavy atom. The normalized spacial score (nSPS) is 17.5. The van der Waals surface area contributed by atoms with Crippen LogP contribution in [0, 0.1) is 0 Å². The maximum Gasteiger partial charge on any atom is 0.277 e. The van der Waals surface area contributed by atoms with Crippen molar-refractivity contribution in [2.24, 2.45) is 0 Å². The van der Waals surface area contributed by atoms with Crippen LogP contribution in [0.1, 0.15) is 16.9 Å². The third kappa shape index (κ3) is 3.90. The van der Waals surface area contributed by atoms with E-state index in [0.717, 1.165) is 39.1 Å². The molecule has 1 aliphatic rings. The van der Waals surface area contributed by atoms with Gasteiger partial charge in [0.2, 0.25) is 11.5 Å². The number of amides is 1. The number of carbonyl (C=O) groups excluding carboxylic acids is 1. The van der Waals surface area contributed by atoms with Crippen LogP contribution < -0.4 is 11.1 Å². The zero-order chi connectivity index (χ0) is 13.7. The number of nitrogens with two attached hydrogens (primary N) is 1. The second kappa shape index (κ2) is 6.48. The fourth-order valence-corrected chi connectivity index (χ4v) is 2.01. The maximum absolute atomic E-state index is 11.6. The lowest BCUT2D eigenvalue weighted by Crippen LogP contribution is -2.45. The number of anilines is 1. The fraction of sp³-hybridized carbons (Fsp3) is 0.727. The van der Waals surface area contributed by atoms with Gasteiger partial charge in [0.15, 0.2) is 0 Å². The molecule has 1 fully saturated rings. The van der Waals surface area contributed by atoms with E-state index in [-0.39, 0.29) is 17.4 Å². The van der Waals surface area contributed by atoms with Crippen molar-refractivity contribution in [3.05, 3.63) is 5.69 Å². The minimum atomic E-state index is -0.336. The maximum atomic E-state index is 11.6.